The number of carbonyl (C=O) groups excluding carboxylic acids is 1. The van der Waals surface area contributed by atoms with Crippen LogP contribution in [0.2, 0.25) is 10.0 Å². The van der Waals surface area contributed by atoms with E-state index in [1.165, 1.54) is 32.2 Å². The van der Waals surface area contributed by atoms with Gasteiger partial charge in [-0.05, 0) is 56.7 Å². The minimum Gasteiger partial charge on any atom is -0.479 e. The number of likely N-dealkylation sites (tertiary alicyclic amines) is 1. The highest BCUT2D eigenvalue weighted by atomic mass is 35.5. The molecule has 1 unspecified atom stereocenters. The van der Waals surface area contributed by atoms with Crippen LogP contribution in [0.1, 0.15) is 45.4 Å². The molecule has 1 amide bonds. The van der Waals surface area contributed by atoms with Gasteiger partial charge in [-0.25, -0.2) is 0 Å². The minimum atomic E-state index is -0.592. The SMILES string of the molecule is CC(Oc1ccc(Cl)cc1Cl)C(=O)NC1CCN(CC2CCCC2)CC1. The Labute approximate surface area is 166 Å². The lowest BCUT2D eigenvalue weighted by Gasteiger charge is -2.34. The molecule has 1 aliphatic heterocycles. The van der Waals surface area contributed by atoms with Crippen molar-refractivity contribution >= 4 is 29.1 Å². The maximum atomic E-state index is 12.4. The quantitative estimate of drug-likeness (QED) is 0.764. The van der Waals surface area contributed by atoms with E-state index in [1.807, 2.05) is 0 Å². The van der Waals surface area contributed by atoms with Gasteiger partial charge in [0.25, 0.3) is 5.91 Å². The van der Waals surface area contributed by atoms with Gasteiger partial charge in [-0.3, -0.25) is 4.79 Å². The van der Waals surface area contributed by atoms with Crippen molar-refractivity contribution in [3.63, 3.8) is 0 Å². The van der Waals surface area contributed by atoms with Crippen LogP contribution in [0.25, 0.3) is 0 Å². The van der Waals surface area contributed by atoms with Crippen molar-refractivity contribution in [3.05, 3.63) is 28.2 Å². The summed E-state index contributed by atoms with van der Waals surface area (Å²) < 4.78 is 5.70. The van der Waals surface area contributed by atoms with E-state index in [4.69, 9.17) is 27.9 Å². The number of hydrogen-bond acceptors (Lipinski definition) is 3. The number of nitrogens with zero attached hydrogens (tertiary/aromatic N) is 1. The molecule has 0 aromatic heterocycles. The number of amides is 1. The van der Waals surface area contributed by atoms with Crippen LogP contribution in [0.15, 0.2) is 18.2 Å². The van der Waals surface area contributed by atoms with Gasteiger partial charge in [0.05, 0.1) is 5.02 Å². The van der Waals surface area contributed by atoms with Crippen molar-refractivity contribution in [2.75, 3.05) is 19.6 Å². The highest BCUT2D eigenvalue weighted by Gasteiger charge is 2.26. The first-order valence-electron chi connectivity index (χ1n) is 9.65. The Kier molecular flexibility index (Phi) is 7.07. The number of hydrogen-bond donors (Lipinski definition) is 1. The number of nitrogens with one attached hydrogen (secondary N) is 1. The van der Waals surface area contributed by atoms with Gasteiger partial charge in [-0.1, -0.05) is 36.0 Å². The molecule has 1 heterocycles. The van der Waals surface area contributed by atoms with Gasteiger partial charge in [0.15, 0.2) is 6.10 Å². The second-order valence-electron chi connectivity index (χ2n) is 7.57. The Balaban J connectivity index is 1.41. The van der Waals surface area contributed by atoms with Gasteiger partial charge >= 0.3 is 0 Å². The van der Waals surface area contributed by atoms with E-state index >= 15 is 0 Å². The van der Waals surface area contributed by atoms with Crippen LogP contribution in [0.4, 0.5) is 0 Å². The summed E-state index contributed by atoms with van der Waals surface area (Å²) in [5.74, 6) is 1.27. The zero-order chi connectivity index (χ0) is 18.5. The molecule has 0 radical (unpaired) electrons. The van der Waals surface area contributed by atoms with E-state index in [0.29, 0.717) is 15.8 Å². The van der Waals surface area contributed by atoms with E-state index in [-0.39, 0.29) is 11.9 Å². The molecule has 1 saturated heterocycles. The number of rotatable bonds is 6. The highest BCUT2D eigenvalue weighted by molar-refractivity contribution is 6.35. The summed E-state index contributed by atoms with van der Waals surface area (Å²) >= 11 is 12.0. The molecular formula is C20H28Cl2N2O2. The fraction of sp³-hybridized carbons (Fsp3) is 0.650. The maximum absolute atomic E-state index is 12.4. The number of halogens is 2. The number of ether oxygens (including phenoxy) is 1. The summed E-state index contributed by atoms with van der Waals surface area (Å²) in [5, 5.41) is 4.08. The predicted molar refractivity (Wildman–Crippen MR) is 106 cm³/mol. The molecular weight excluding hydrogens is 371 g/mol. The molecule has 1 saturated carbocycles. The Bertz CT molecular complexity index is 612. The summed E-state index contributed by atoms with van der Waals surface area (Å²) in [6, 6.07) is 5.24. The van der Waals surface area contributed by atoms with E-state index in [9.17, 15) is 4.79 Å². The van der Waals surface area contributed by atoms with Gasteiger partial charge in [-0.2, -0.15) is 0 Å². The van der Waals surface area contributed by atoms with Gasteiger partial charge in [-0.15, -0.1) is 0 Å². The third kappa shape index (κ3) is 5.51. The van der Waals surface area contributed by atoms with Crippen LogP contribution >= 0.6 is 23.2 Å². The van der Waals surface area contributed by atoms with Crippen molar-refractivity contribution in [2.45, 2.75) is 57.6 Å². The van der Waals surface area contributed by atoms with Gasteiger partial charge in [0, 0.05) is 30.7 Å². The van der Waals surface area contributed by atoms with Crippen molar-refractivity contribution in [3.8, 4) is 5.75 Å². The van der Waals surface area contributed by atoms with Crippen LogP contribution < -0.4 is 10.1 Å². The Hall–Kier alpha value is -0.970. The molecule has 6 heteroatoms. The molecule has 1 atom stereocenters. The lowest BCUT2D eigenvalue weighted by atomic mass is 10.0. The van der Waals surface area contributed by atoms with Gasteiger partial charge < -0.3 is 15.0 Å². The summed E-state index contributed by atoms with van der Waals surface area (Å²) in [4.78, 5) is 15.0. The van der Waals surface area contributed by atoms with Crippen LogP contribution in [-0.2, 0) is 4.79 Å². The molecule has 0 bridgehead atoms. The first kappa shape index (κ1) is 19.8. The zero-order valence-corrected chi connectivity index (χ0v) is 16.9. The van der Waals surface area contributed by atoms with Crippen molar-refractivity contribution in [1.82, 2.24) is 10.2 Å². The second-order valence-corrected chi connectivity index (χ2v) is 8.41. The molecule has 2 aliphatic rings. The van der Waals surface area contributed by atoms with Crippen molar-refractivity contribution in [2.24, 2.45) is 5.92 Å². The van der Waals surface area contributed by atoms with Crippen molar-refractivity contribution in [1.29, 1.82) is 0 Å². The molecule has 2 fully saturated rings. The van der Waals surface area contributed by atoms with Crippen LogP contribution in [0.3, 0.4) is 0 Å². The number of benzene rings is 1. The summed E-state index contributed by atoms with van der Waals surface area (Å²) in [7, 11) is 0. The monoisotopic (exact) mass is 398 g/mol. The minimum absolute atomic E-state index is 0.0924. The lowest BCUT2D eigenvalue weighted by molar-refractivity contribution is -0.128. The topological polar surface area (TPSA) is 41.6 Å². The normalized spacial score (nSPS) is 20.9. The molecule has 0 spiro atoms. The van der Waals surface area contributed by atoms with E-state index in [1.54, 1.807) is 25.1 Å². The lowest BCUT2D eigenvalue weighted by Crippen LogP contribution is -2.48. The smallest absolute Gasteiger partial charge is 0.260 e. The molecule has 1 N–H and O–H groups in total. The average molecular weight is 399 g/mol. The summed E-state index contributed by atoms with van der Waals surface area (Å²) in [6.07, 6.45) is 6.99. The van der Waals surface area contributed by atoms with E-state index < -0.39 is 6.10 Å². The molecule has 26 heavy (non-hydrogen) atoms. The van der Waals surface area contributed by atoms with Crippen LogP contribution in [-0.4, -0.2) is 42.6 Å². The number of piperidine rings is 1. The summed E-state index contributed by atoms with van der Waals surface area (Å²) in [5.41, 5.74) is 0. The summed E-state index contributed by atoms with van der Waals surface area (Å²) in [6.45, 7) is 5.12. The van der Waals surface area contributed by atoms with E-state index in [0.717, 1.165) is 31.8 Å². The largest absolute Gasteiger partial charge is 0.479 e. The molecule has 1 aromatic carbocycles. The average Bonchev–Trinajstić information content (AvgIpc) is 3.12. The highest BCUT2D eigenvalue weighted by Crippen LogP contribution is 2.29. The first-order chi connectivity index (χ1) is 12.5. The predicted octanol–water partition coefficient (Wildman–Crippen LogP) is 4.53. The fourth-order valence-corrected chi connectivity index (χ4v) is 4.40. The van der Waals surface area contributed by atoms with Crippen molar-refractivity contribution < 1.29 is 9.53 Å². The Morgan fingerprint density at radius 2 is 1.92 bits per heavy atom. The fourth-order valence-electron chi connectivity index (χ4n) is 3.95. The first-order valence-corrected chi connectivity index (χ1v) is 10.4. The van der Waals surface area contributed by atoms with Gasteiger partial charge in [0.1, 0.15) is 5.75 Å². The molecule has 4 nitrogen and oxygen atoms in total. The Morgan fingerprint density at radius 3 is 2.58 bits per heavy atom. The van der Waals surface area contributed by atoms with Crippen LogP contribution in [0, 0.1) is 5.92 Å². The standard InChI is InChI=1S/C20H28Cl2N2O2/c1-14(26-19-7-6-16(21)12-18(19)22)20(25)23-17-8-10-24(11-9-17)13-15-4-2-3-5-15/h6-7,12,14-15,17H,2-5,8-11,13H2,1H3,(H,23,25). The third-order valence-electron chi connectivity index (χ3n) is 5.49. The molecule has 144 valence electrons. The van der Waals surface area contributed by atoms with Gasteiger partial charge in [0.2, 0.25) is 0 Å². The second kappa shape index (κ2) is 9.29. The van der Waals surface area contributed by atoms with E-state index in [2.05, 4.69) is 10.2 Å². The maximum Gasteiger partial charge on any atom is 0.260 e. The van der Waals surface area contributed by atoms with Crippen LogP contribution in [0.5, 0.6) is 5.75 Å². The molecule has 1 aromatic rings. The molecule has 1 aliphatic carbocycles. The zero-order valence-electron chi connectivity index (χ0n) is 15.3. The third-order valence-corrected chi connectivity index (χ3v) is 6.02. The molecule has 3 rings (SSSR count). The Morgan fingerprint density at radius 1 is 1.23 bits per heavy atom. The number of carbonyl (C=O) groups is 1.